The topological polar surface area (TPSA) is 503 Å². The van der Waals surface area contributed by atoms with E-state index in [1.165, 1.54) is 41.7 Å². The van der Waals surface area contributed by atoms with Crippen LogP contribution in [0.25, 0.3) is 42.3 Å². The normalized spacial score (nSPS) is 23.8. The summed E-state index contributed by atoms with van der Waals surface area (Å²) in [6.45, 7) is 3.43. The minimum atomic E-state index is -2.55. The van der Waals surface area contributed by atoms with Gasteiger partial charge < -0.3 is 97.1 Å². The number of nitrogens with two attached hydrogens (primary N) is 1. The SMILES string of the molecule is CCCCCOc1ccc(-c2nnc(-c3ccc(-c4nnc(-c5ccc(C(=O)N[C@H]6CC(O)CNC(=O)C7C(O)C(C)CN7C(=O)C(C(O)CC(N)=O)NC(=O)C(C(O)C(O)c7ccc(O)c(OSOO[O-])c7)NC(=O)C7CC(O)CN7C(=O)C(C(C)O)NC6=O)cc5)s4)cc3)s2)cc1.[Na+]. The molecule has 4 aromatic carbocycles. The zero-order chi connectivity index (χ0) is 71.4. The van der Waals surface area contributed by atoms with Gasteiger partial charge in [0, 0.05) is 66.2 Å². The summed E-state index contributed by atoms with van der Waals surface area (Å²) in [5, 5.41) is 136. The molecule has 13 unspecified atom stereocenters. The average Bonchev–Trinajstić information content (AvgIpc) is 1.52. The van der Waals surface area contributed by atoms with Gasteiger partial charge in [0.05, 0.1) is 43.5 Å². The molecule has 0 bridgehead atoms. The number of benzene rings is 4. The van der Waals surface area contributed by atoms with Crippen LogP contribution in [0, 0.1) is 5.92 Å². The number of phenols is 1. The molecule has 100 heavy (non-hydrogen) atoms. The molecule has 6 aromatic rings. The van der Waals surface area contributed by atoms with Crippen molar-refractivity contribution >= 4 is 82.3 Å². The van der Waals surface area contributed by atoms with Crippen molar-refractivity contribution in [1.82, 2.24) is 56.8 Å². The first kappa shape index (κ1) is 77.8. The van der Waals surface area contributed by atoms with E-state index in [0.29, 0.717) is 27.2 Å². The molecule has 0 radical (unpaired) electrons. The summed E-state index contributed by atoms with van der Waals surface area (Å²) < 4.78 is 14.9. The first-order valence-corrected chi connectivity index (χ1v) is 33.5. The van der Waals surface area contributed by atoms with Gasteiger partial charge in [0.1, 0.15) is 74.2 Å². The number of aromatic nitrogens is 4. The molecule has 15 N–H and O–H groups in total. The fourth-order valence-corrected chi connectivity index (χ4v) is 13.3. The number of carbonyl (C=O) groups is 8. The van der Waals surface area contributed by atoms with Crippen molar-refractivity contribution in [3.63, 3.8) is 0 Å². The molecule has 37 heteroatoms. The molecule has 5 heterocycles. The summed E-state index contributed by atoms with van der Waals surface area (Å²) in [5.74, 6) is -11.3. The van der Waals surface area contributed by atoms with E-state index in [9.17, 15) is 84.5 Å². The Balaban J connectivity index is 0.0000127. The molecule has 33 nitrogen and oxygen atoms in total. The number of primary amides is 1. The Kier molecular flexibility index (Phi) is 27.7. The van der Waals surface area contributed by atoms with Crippen LogP contribution >= 0.6 is 35.0 Å². The number of phenolic OH excluding ortho intramolecular Hbond substituents is 1. The van der Waals surface area contributed by atoms with Crippen LogP contribution in [0.1, 0.15) is 81.3 Å². The third-order valence-electron chi connectivity index (χ3n) is 16.7. The monoisotopic (exact) mass is 1450 g/mol. The maximum atomic E-state index is 14.7. The molecular formula is C63H73N12NaO21S3. The molecule has 3 aliphatic heterocycles. The number of fused-ring (bicyclic) bond motifs is 2. The number of amides is 8. The van der Waals surface area contributed by atoms with E-state index in [1.54, 1.807) is 12.1 Å². The van der Waals surface area contributed by atoms with Crippen LogP contribution < -0.4 is 76.1 Å². The number of hydrogen-bond donors (Lipinski definition) is 14. The van der Waals surface area contributed by atoms with E-state index >= 15 is 0 Å². The van der Waals surface area contributed by atoms with Crippen LogP contribution in [0.4, 0.5) is 0 Å². The van der Waals surface area contributed by atoms with Gasteiger partial charge in [-0.3, -0.25) is 43.4 Å². The second-order valence-corrected chi connectivity index (χ2v) is 26.3. The van der Waals surface area contributed by atoms with Crippen molar-refractivity contribution in [2.24, 2.45) is 11.7 Å². The number of unbranched alkanes of at least 4 members (excludes halogenated alkanes) is 2. The number of aromatic hydroxyl groups is 1. The van der Waals surface area contributed by atoms with E-state index in [0.717, 1.165) is 81.6 Å². The maximum Gasteiger partial charge on any atom is 1.00 e. The van der Waals surface area contributed by atoms with Crippen LogP contribution in [-0.4, -0.2) is 217 Å². The van der Waals surface area contributed by atoms with E-state index in [-0.39, 0.29) is 53.0 Å². The third-order valence-corrected chi connectivity index (χ3v) is 19.1. The minimum Gasteiger partial charge on any atom is -0.691 e. The Morgan fingerprint density at radius 3 is 1.85 bits per heavy atom. The third kappa shape index (κ3) is 19.2. The number of aliphatic hydroxyl groups excluding tert-OH is 7. The number of aliphatic hydroxyl groups is 7. The van der Waals surface area contributed by atoms with Gasteiger partial charge in [0.2, 0.25) is 41.4 Å². The molecule has 2 aromatic heterocycles. The van der Waals surface area contributed by atoms with Gasteiger partial charge >= 0.3 is 29.6 Å². The summed E-state index contributed by atoms with van der Waals surface area (Å²) in [7, 11) is 0. The van der Waals surface area contributed by atoms with E-state index in [4.69, 9.17) is 14.7 Å². The fraction of sp³-hybridized carbons (Fsp3) is 0.429. The smallest absolute Gasteiger partial charge is 0.691 e. The number of hydrogen-bond acceptors (Lipinski definition) is 28. The number of carbonyl (C=O) groups excluding carboxylic acids is 8. The van der Waals surface area contributed by atoms with Crippen molar-refractivity contribution in [1.29, 1.82) is 0 Å². The molecule has 3 fully saturated rings. The van der Waals surface area contributed by atoms with Crippen LogP contribution in [0.2, 0.25) is 0 Å². The number of nitrogens with one attached hydrogen (secondary N) is 5. The zero-order valence-electron chi connectivity index (χ0n) is 54.2. The van der Waals surface area contributed by atoms with Gasteiger partial charge in [-0.05, 0) is 67.4 Å². The molecule has 530 valence electrons. The number of rotatable bonds is 22. The van der Waals surface area contributed by atoms with Crippen molar-refractivity contribution in [2.45, 2.75) is 138 Å². The van der Waals surface area contributed by atoms with Crippen LogP contribution in [0.3, 0.4) is 0 Å². The van der Waals surface area contributed by atoms with Gasteiger partial charge in [0.25, 0.3) is 18.2 Å². The first-order chi connectivity index (χ1) is 47.3. The van der Waals surface area contributed by atoms with Crippen molar-refractivity contribution in [2.75, 3.05) is 26.2 Å². The fourth-order valence-electron chi connectivity index (χ4n) is 11.3. The average molecular weight is 1450 g/mol. The summed E-state index contributed by atoms with van der Waals surface area (Å²) in [4.78, 5) is 115. The molecule has 9 rings (SSSR count). The zero-order valence-corrected chi connectivity index (χ0v) is 58.6. The van der Waals surface area contributed by atoms with E-state index in [2.05, 4.69) is 63.3 Å². The maximum absolute atomic E-state index is 14.7. The van der Waals surface area contributed by atoms with Gasteiger partial charge in [-0.25, -0.2) is 0 Å². The molecule has 3 saturated heterocycles. The van der Waals surface area contributed by atoms with Crippen LogP contribution in [0.5, 0.6) is 17.2 Å². The molecule has 8 amide bonds. The van der Waals surface area contributed by atoms with E-state index < -0.39 is 183 Å². The van der Waals surface area contributed by atoms with Gasteiger partial charge in [-0.15, -0.1) is 24.7 Å². The van der Waals surface area contributed by atoms with Gasteiger partial charge in [0.15, 0.2) is 11.5 Å². The minimum absolute atomic E-state index is 0. The molecule has 0 spiro atoms. The van der Waals surface area contributed by atoms with Gasteiger partial charge in [-0.2, -0.15) is 0 Å². The summed E-state index contributed by atoms with van der Waals surface area (Å²) in [6.07, 6.45) is -13.1. The Bertz CT molecular complexity index is 3840. The van der Waals surface area contributed by atoms with Crippen molar-refractivity contribution < 1.29 is 132 Å². The standard InChI is InChI=1S/C63H74N12O21S3.Na/c1-4-5-6-21-93-39-18-15-35(16-19-39)61-73-72-60(98-61)34-13-11-33(12-14-34)59-71-70-58(97-59)32-9-7-31(8-10-32)53(85)66-40-23-37(77)26-65-57(89)49-50(82)29(2)27-75(49)63(91)47(43(80)25-45(64)81)68-56(88)48(52(84)51(83)36-17-20-42(79)44(22-36)94-99-96-95-92)69-55(87)41-24-38(78)28-74(41)62(90)46(30(3)76)67-54(40)86;/h7-20,22,29-30,37-38,40-41,43,46-52,76-80,82-84,92H,4-6,21,23-28H2,1-3H3,(H2,64,81)(H,65,89)(H,66,85)(H,67,86)(H,68,88)(H,69,87);/q;+1/p-1/t29?,30?,37?,38?,40-,41?,43?,46?,47?,48?,49?,50?,51?,52?;/m0./s1. The largest absolute Gasteiger partial charge is 1.00 e. The Morgan fingerprint density at radius 1 is 0.720 bits per heavy atom. The van der Waals surface area contributed by atoms with Gasteiger partial charge in [-0.1, -0.05) is 91.8 Å². The first-order valence-electron chi connectivity index (χ1n) is 31.2. The molecule has 3 aliphatic rings. The molecule has 14 atom stereocenters. The number of ether oxygens (including phenoxy) is 1. The Morgan fingerprint density at radius 2 is 1.28 bits per heavy atom. The summed E-state index contributed by atoms with van der Waals surface area (Å²) >= 11 is 2.61. The predicted molar refractivity (Wildman–Crippen MR) is 349 cm³/mol. The summed E-state index contributed by atoms with van der Waals surface area (Å²) in [6, 6.07) is 11.7. The molecule has 0 aliphatic carbocycles. The summed E-state index contributed by atoms with van der Waals surface area (Å²) in [5.41, 5.74) is 8.05. The molecule has 0 saturated carbocycles. The molecular weight excluding hydrogens is 1380 g/mol. The Labute approximate surface area is 605 Å². The number of β-amino-alcohol motifs (C(OH)–C–C–N with tert-alkyl or cyclic N) is 1. The Hall–Kier alpha value is -7.89. The predicted octanol–water partition coefficient (Wildman–Crippen LogP) is -4.18. The van der Waals surface area contributed by atoms with Crippen LogP contribution in [0.15, 0.2) is 91.0 Å². The van der Waals surface area contributed by atoms with Crippen LogP contribution in [-0.2, 0) is 42.9 Å². The number of nitrogens with zero attached hydrogens (tertiary/aromatic N) is 6. The van der Waals surface area contributed by atoms with E-state index in [1.807, 2.05) is 48.5 Å². The van der Waals surface area contributed by atoms with Crippen molar-refractivity contribution in [3.8, 4) is 59.5 Å². The second kappa shape index (κ2) is 35.6. The second-order valence-electron chi connectivity index (χ2n) is 23.9. The quantitative estimate of drug-likeness (QED) is 0.0101. The van der Waals surface area contributed by atoms with Crippen molar-refractivity contribution in [3.05, 3.63) is 102 Å².